The Kier molecular flexibility index (Phi) is 3.32. The van der Waals surface area contributed by atoms with Gasteiger partial charge in [0.15, 0.2) is 5.69 Å². The summed E-state index contributed by atoms with van der Waals surface area (Å²) in [6, 6.07) is 9.19. The molecule has 1 aromatic heterocycles. The van der Waals surface area contributed by atoms with Crippen LogP contribution in [0, 0.1) is 6.92 Å². The fourth-order valence-corrected chi connectivity index (χ4v) is 1.54. The number of hydrogen-bond donors (Lipinski definition) is 1. The lowest BCUT2D eigenvalue weighted by molar-refractivity contribution is 0.0689. The molecule has 0 amide bonds. The molecule has 1 N–H and O–H groups in total. The minimum absolute atomic E-state index is 0.0278. The molecule has 0 unspecified atom stereocenters. The van der Waals surface area contributed by atoms with Gasteiger partial charge in [0.2, 0.25) is 0 Å². The summed E-state index contributed by atoms with van der Waals surface area (Å²) in [4.78, 5) is 10.8. The smallest absolute Gasteiger partial charge is 0.356 e. The number of carboxylic acids is 1. The third-order valence-electron chi connectivity index (χ3n) is 2.60. The van der Waals surface area contributed by atoms with Crippen LogP contribution >= 0.6 is 0 Å². The molecule has 18 heavy (non-hydrogen) atoms. The molecular formula is C13H14N2O3. The SMILES string of the molecule is Cc1ccc(OCc2cc(C(=O)O)nn2C)cc1. The van der Waals surface area contributed by atoms with Crippen molar-refractivity contribution in [2.24, 2.45) is 7.05 Å². The van der Waals surface area contributed by atoms with Crippen LogP contribution in [0.25, 0.3) is 0 Å². The van der Waals surface area contributed by atoms with Crippen LogP contribution in [-0.2, 0) is 13.7 Å². The van der Waals surface area contributed by atoms with Gasteiger partial charge in [0.25, 0.3) is 0 Å². The van der Waals surface area contributed by atoms with E-state index in [-0.39, 0.29) is 5.69 Å². The standard InChI is InChI=1S/C13H14N2O3/c1-9-3-5-11(6-4-9)18-8-10-7-12(13(16)17)14-15(10)2/h3-7H,8H2,1-2H3,(H,16,17). The van der Waals surface area contributed by atoms with Gasteiger partial charge in [-0.2, -0.15) is 5.10 Å². The Morgan fingerprint density at radius 3 is 2.61 bits per heavy atom. The van der Waals surface area contributed by atoms with Crippen molar-refractivity contribution >= 4 is 5.97 Å². The van der Waals surface area contributed by atoms with Crippen LogP contribution < -0.4 is 4.74 Å². The number of aromatic nitrogens is 2. The second-order valence-corrected chi connectivity index (χ2v) is 4.05. The molecule has 0 aliphatic carbocycles. The number of carboxylic acid groups (broad SMARTS) is 1. The Morgan fingerprint density at radius 1 is 1.39 bits per heavy atom. The third-order valence-corrected chi connectivity index (χ3v) is 2.60. The maximum Gasteiger partial charge on any atom is 0.356 e. The average Bonchev–Trinajstić information content (AvgIpc) is 2.70. The molecule has 0 saturated carbocycles. The molecule has 0 fully saturated rings. The maximum atomic E-state index is 10.8. The first-order valence-corrected chi connectivity index (χ1v) is 5.52. The van der Waals surface area contributed by atoms with Crippen LogP contribution in [0.4, 0.5) is 0 Å². The number of aromatic carboxylic acids is 1. The lowest BCUT2D eigenvalue weighted by Gasteiger charge is -2.06. The highest BCUT2D eigenvalue weighted by molar-refractivity contribution is 5.85. The van der Waals surface area contributed by atoms with Crippen molar-refractivity contribution in [3.05, 3.63) is 47.3 Å². The number of hydrogen-bond acceptors (Lipinski definition) is 3. The lowest BCUT2D eigenvalue weighted by Crippen LogP contribution is -2.03. The molecule has 0 radical (unpaired) electrons. The second-order valence-electron chi connectivity index (χ2n) is 4.05. The Bertz CT molecular complexity index is 558. The number of aryl methyl sites for hydroxylation is 2. The molecule has 1 aromatic carbocycles. The summed E-state index contributed by atoms with van der Waals surface area (Å²) in [6.07, 6.45) is 0. The predicted octanol–water partition coefficient (Wildman–Crippen LogP) is 2.01. The van der Waals surface area contributed by atoms with E-state index in [1.165, 1.54) is 10.7 Å². The number of benzene rings is 1. The van der Waals surface area contributed by atoms with Crippen molar-refractivity contribution < 1.29 is 14.6 Å². The maximum absolute atomic E-state index is 10.8. The van der Waals surface area contributed by atoms with Gasteiger partial charge in [0.1, 0.15) is 12.4 Å². The zero-order valence-electron chi connectivity index (χ0n) is 10.3. The van der Waals surface area contributed by atoms with E-state index in [2.05, 4.69) is 5.10 Å². The molecule has 0 bridgehead atoms. The summed E-state index contributed by atoms with van der Waals surface area (Å²) in [7, 11) is 1.69. The van der Waals surface area contributed by atoms with Gasteiger partial charge in [-0.3, -0.25) is 4.68 Å². The van der Waals surface area contributed by atoms with Crippen molar-refractivity contribution in [1.29, 1.82) is 0 Å². The van der Waals surface area contributed by atoms with E-state index in [0.717, 1.165) is 11.3 Å². The number of rotatable bonds is 4. The molecule has 1 heterocycles. The van der Waals surface area contributed by atoms with Gasteiger partial charge in [-0.05, 0) is 25.1 Å². The van der Waals surface area contributed by atoms with E-state index in [0.29, 0.717) is 12.3 Å². The molecule has 94 valence electrons. The van der Waals surface area contributed by atoms with Gasteiger partial charge >= 0.3 is 5.97 Å². The fraction of sp³-hybridized carbons (Fsp3) is 0.231. The summed E-state index contributed by atoms with van der Waals surface area (Å²) in [5.41, 5.74) is 1.91. The van der Waals surface area contributed by atoms with E-state index in [1.54, 1.807) is 7.05 Å². The highest BCUT2D eigenvalue weighted by Gasteiger charge is 2.11. The van der Waals surface area contributed by atoms with Gasteiger partial charge in [-0.25, -0.2) is 4.79 Å². The van der Waals surface area contributed by atoms with Crippen LogP contribution in [0.1, 0.15) is 21.7 Å². The van der Waals surface area contributed by atoms with E-state index in [4.69, 9.17) is 9.84 Å². The van der Waals surface area contributed by atoms with Gasteiger partial charge in [0.05, 0.1) is 5.69 Å². The third kappa shape index (κ3) is 2.68. The summed E-state index contributed by atoms with van der Waals surface area (Å²) in [6.45, 7) is 2.30. The van der Waals surface area contributed by atoms with Crippen molar-refractivity contribution in [2.75, 3.05) is 0 Å². The molecule has 0 spiro atoms. The molecule has 0 aliphatic rings. The first-order valence-electron chi connectivity index (χ1n) is 5.52. The minimum atomic E-state index is -1.04. The highest BCUT2D eigenvalue weighted by atomic mass is 16.5. The molecule has 2 rings (SSSR count). The molecule has 0 aliphatic heterocycles. The normalized spacial score (nSPS) is 10.3. The Balaban J connectivity index is 2.06. The topological polar surface area (TPSA) is 64.3 Å². The van der Waals surface area contributed by atoms with Gasteiger partial charge < -0.3 is 9.84 Å². The first-order chi connectivity index (χ1) is 8.56. The van der Waals surface area contributed by atoms with Crippen LogP contribution in [0.2, 0.25) is 0 Å². The van der Waals surface area contributed by atoms with Crippen LogP contribution in [-0.4, -0.2) is 20.9 Å². The molecule has 2 aromatic rings. The van der Waals surface area contributed by atoms with Gasteiger partial charge in [-0.15, -0.1) is 0 Å². The van der Waals surface area contributed by atoms with Gasteiger partial charge in [0, 0.05) is 7.05 Å². The Morgan fingerprint density at radius 2 is 2.06 bits per heavy atom. The predicted molar refractivity (Wildman–Crippen MR) is 65.7 cm³/mol. The molecule has 0 saturated heterocycles. The number of carbonyl (C=O) groups is 1. The van der Waals surface area contributed by atoms with Crippen molar-refractivity contribution in [1.82, 2.24) is 9.78 Å². The molecular weight excluding hydrogens is 232 g/mol. The van der Waals surface area contributed by atoms with E-state index in [1.807, 2.05) is 31.2 Å². The Labute approximate surface area is 105 Å². The summed E-state index contributed by atoms with van der Waals surface area (Å²) < 4.78 is 7.08. The number of nitrogens with zero attached hydrogens (tertiary/aromatic N) is 2. The lowest BCUT2D eigenvalue weighted by atomic mass is 10.2. The van der Waals surface area contributed by atoms with E-state index in [9.17, 15) is 4.79 Å². The molecule has 5 nitrogen and oxygen atoms in total. The number of ether oxygens (including phenoxy) is 1. The van der Waals surface area contributed by atoms with E-state index < -0.39 is 5.97 Å². The Hall–Kier alpha value is -2.30. The summed E-state index contributed by atoms with van der Waals surface area (Å²) >= 11 is 0. The highest BCUT2D eigenvalue weighted by Crippen LogP contribution is 2.14. The summed E-state index contributed by atoms with van der Waals surface area (Å²) in [5.74, 6) is -0.286. The van der Waals surface area contributed by atoms with Gasteiger partial charge in [-0.1, -0.05) is 17.7 Å². The van der Waals surface area contributed by atoms with E-state index >= 15 is 0 Å². The average molecular weight is 246 g/mol. The first kappa shape index (κ1) is 12.2. The summed E-state index contributed by atoms with van der Waals surface area (Å²) in [5, 5.41) is 12.7. The van der Waals surface area contributed by atoms with Crippen molar-refractivity contribution in [3.63, 3.8) is 0 Å². The zero-order chi connectivity index (χ0) is 13.1. The van der Waals surface area contributed by atoms with Crippen molar-refractivity contribution in [2.45, 2.75) is 13.5 Å². The molecule has 0 atom stereocenters. The second kappa shape index (κ2) is 4.91. The van der Waals surface area contributed by atoms with Crippen molar-refractivity contribution in [3.8, 4) is 5.75 Å². The fourth-order valence-electron chi connectivity index (χ4n) is 1.54. The van der Waals surface area contributed by atoms with Crippen LogP contribution in [0.5, 0.6) is 5.75 Å². The monoisotopic (exact) mass is 246 g/mol. The minimum Gasteiger partial charge on any atom is -0.487 e. The quantitative estimate of drug-likeness (QED) is 0.896. The van der Waals surface area contributed by atoms with Crippen LogP contribution in [0.3, 0.4) is 0 Å². The molecule has 5 heteroatoms. The zero-order valence-corrected chi connectivity index (χ0v) is 10.3. The largest absolute Gasteiger partial charge is 0.487 e. The van der Waals surface area contributed by atoms with Crippen LogP contribution in [0.15, 0.2) is 30.3 Å².